The molecule has 0 spiro atoms. The summed E-state index contributed by atoms with van der Waals surface area (Å²) >= 11 is 0. The molecule has 0 saturated carbocycles. The highest BCUT2D eigenvalue weighted by atomic mass is 31.2. The van der Waals surface area contributed by atoms with Crippen molar-refractivity contribution >= 4 is 19.8 Å². The average molecular weight is 839 g/mol. The fourth-order valence-corrected chi connectivity index (χ4v) is 6.12. The van der Waals surface area contributed by atoms with Gasteiger partial charge in [-0.15, -0.1) is 0 Å². The van der Waals surface area contributed by atoms with Crippen LogP contribution in [0, 0.1) is 0 Å². The predicted molar refractivity (Wildman–Crippen MR) is 236 cm³/mol. The Labute approximate surface area is 352 Å². The largest absolute Gasteiger partial charge is 0.472 e. The molecule has 0 bridgehead atoms. The molecule has 0 aliphatic rings. The molecular formula is C46H81NO10P+. The fraction of sp³-hybridized carbons (Fsp3) is 0.696. The summed E-state index contributed by atoms with van der Waals surface area (Å²) in [4.78, 5) is 35.4. The number of allylic oxidation sites excluding steroid dienone is 10. The minimum absolute atomic E-state index is 0.0143. The van der Waals surface area contributed by atoms with Crippen molar-refractivity contribution in [1.82, 2.24) is 0 Å². The molecule has 1 unspecified atom stereocenters. The molecule has 4 atom stereocenters. The van der Waals surface area contributed by atoms with Gasteiger partial charge in [-0.2, -0.15) is 0 Å². The molecule has 3 N–H and O–H groups in total. The van der Waals surface area contributed by atoms with E-state index in [1.807, 2.05) is 51.5 Å². The van der Waals surface area contributed by atoms with E-state index in [1.54, 1.807) is 18.2 Å². The Morgan fingerprint density at radius 3 is 1.78 bits per heavy atom. The SMILES string of the molecule is CCCCC/C=C\C/C=C\CCCCCCCC(=O)OC[C@H](COP(=O)(O)OCC[N+](C)(C)C)OC(=O)CCC[C@H](O)/C=C/C=C\C/C=C\C=C\[C@H](O)CCCCC. The number of likely N-dealkylation sites (N-methyl/N-ethyl adjacent to an activating group) is 1. The normalized spacial score (nSPS) is 15.4. The number of phosphoric ester groups is 1. The van der Waals surface area contributed by atoms with Crippen LogP contribution in [0.5, 0.6) is 0 Å². The fourth-order valence-electron chi connectivity index (χ4n) is 5.37. The van der Waals surface area contributed by atoms with Gasteiger partial charge in [0.05, 0.1) is 40.0 Å². The van der Waals surface area contributed by atoms with Crippen LogP contribution in [0.15, 0.2) is 72.9 Å². The van der Waals surface area contributed by atoms with E-state index in [0.717, 1.165) is 70.6 Å². The quantitative estimate of drug-likeness (QED) is 0.0137. The zero-order valence-electron chi connectivity index (χ0n) is 36.7. The van der Waals surface area contributed by atoms with E-state index in [2.05, 4.69) is 38.2 Å². The number of rotatable bonds is 38. The van der Waals surface area contributed by atoms with Crippen molar-refractivity contribution in [2.45, 2.75) is 161 Å². The maximum absolute atomic E-state index is 12.7. The number of phosphoric acid groups is 1. The van der Waals surface area contributed by atoms with Gasteiger partial charge in [0, 0.05) is 12.8 Å². The Morgan fingerprint density at radius 2 is 1.16 bits per heavy atom. The number of unbranched alkanes of at least 4 members (excludes halogenated alkanes) is 10. The third-order valence-electron chi connectivity index (χ3n) is 8.92. The zero-order valence-corrected chi connectivity index (χ0v) is 37.6. The zero-order chi connectivity index (χ0) is 43.2. The lowest BCUT2D eigenvalue weighted by atomic mass is 10.1. The number of quaternary nitrogens is 1. The number of aliphatic hydroxyl groups is 2. The minimum atomic E-state index is -4.45. The van der Waals surface area contributed by atoms with E-state index >= 15 is 0 Å². The van der Waals surface area contributed by atoms with Gasteiger partial charge in [0.2, 0.25) is 0 Å². The van der Waals surface area contributed by atoms with Crippen molar-refractivity contribution in [3.05, 3.63) is 72.9 Å². The first kappa shape index (κ1) is 55.4. The molecular weight excluding hydrogens is 757 g/mol. The van der Waals surface area contributed by atoms with Gasteiger partial charge in [0.15, 0.2) is 6.10 Å². The second-order valence-electron chi connectivity index (χ2n) is 15.8. The van der Waals surface area contributed by atoms with E-state index in [9.17, 15) is 29.3 Å². The topological polar surface area (TPSA) is 149 Å². The maximum Gasteiger partial charge on any atom is 0.472 e. The predicted octanol–water partition coefficient (Wildman–Crippen LogP) is 10.2. The molecule has 0 radical (unpaired) electrons. The molecule has 0 aromatic rings. The summed E-state index contributed by atoms with van der Waals surface area (Å²) in [7, 11) is 1.31. The molecule has 0 heterocycles. The number of carbonyl (C=O) groups excluding carboxylic acids is 2. The van der Waals surface area contributed by atoms with Gasteiger partial charge in [0.25, 0.3) is 0 Å². The van der Waals surface area contributed by atoms with Crippen LogP contribution in [-0.4, -0.2) is 97.3 Å². The van der Waals surface area contributed by atoms with Crippen LogP contribution >= 0.6 is 7.82 Å². The van der Waals surface area contributed by atoms with Gasteiger partial charge < -0.3 is 29.1 Å². The van der Waals surface area contributed by atoms with Gasteiger partial charge in [-0.25, -0.2) is 4.57 Å². The summed E-state index contributed by atoms with van der Waals surface area (Å²) in [6.45, 7) is 3.99. The second-order valence-corrected chi connectivity index (χ2v) is 17.2. The molecule has 12 heteroatoms. The molecule has 334 valence electrons. The summed E-state index contributed by atoms with van der Waals surface area (Å²) in [5.41, 5.74) is 0. The number of nitrogens with zero attached hydrogens (tertiary/aromatic N) is 1. The average Bonchev–Trinajstić information content (AvgIpc) is 3.16. The third kappa shape index (κ3) is 40.2. The van der Waals surface area contributed by atoms with Crippen LogP contribution in [0.2, 0.25) is 0 Å². The Hall–Kier alpha value is -2.63. The number of hydrogen-bond donors (Lipinski definition) is 3. The van der Waals surface area contributed by atoms with Gasteiger partial charge in [0.1, 0.15) is 19.8 Å². The Morgan fingerprint density at radius 1 is 0.621 bits per heavy atom. The Kier molecular flexibility index (Phi) is 35.7. The van der Waals surface area contributed by atoms with Crippen LogP contribution < -0.4 is 0 Å². The van der Waals surface area contributed by atoms with Gasteiger partial charge in [-0.05, 0) is 64.2 Å². The first-order valence-corrected chi connectivity index (χ1v) is 23.4. The Balaban J connectivity index is 4.66. The molecule has 0 aliphatic heterocycles. The van der Waals surface area contributed by atoms with E-state index in [4.69, 9.17) is 18.5 Å². The van der Waals surface area contributed by atoms with Gasteiger partial charge in [-0.3, -0.25) is 18.6 Å². The molecule has 58 heavy (non-hydrogen) atoms. The Bertz CT molecular complexity index is 1250. The summed E-state index contributed by atoms with van der Waals surface area (Å²) < 4.78 is 34.1. The van der Waals surface area contributed by atoms with Crippen molar-refractivity contribution in [1.29, 1.82) is 0 Å². The van der Waals surface area contributed by atoms with Crippen LogP contribution in [0.4, 0.5) is 0 Å². The third-order valence-corrected chi connectivity index (χ3v) is 9.90. The lowest BCUT2D eigenvalue weighted by Crippen LogP contribution is -2.37. The minimum Gasteiger partial charge on any atom is -0.462 e. The van der Waals surface area contributed by atoms with E-state index < -0.39 is 44.7 Å². The molecule has 0 fully saturated rings. The number of esters is 2. The molecule has 0 aromatic heterocycles. The van der Waals surface area contributed by atoms with Crippen LogP contribution in [0.1, 0.15) is 142 Å². The highest BCUT2D eigenvalue weighted by Crippen LogP contribution is 2.43. The number of hydrogen-bond acceptors (Lipinski definition) is 9. The molecule has 0 aliphatic carbocycles. The van der Waals surface area contributed by atoms with Crippen molar-refractivity contribution in [3.8, 4) is 0 Å². The summed E-state index contributed by atoms with van der Waals surface area (Å²) in [6, 6.07) is 0. The molecule has 0 saturated heterocycles. The molecule has 0 aromatic carbocycles. The maximum atomic E-state index is 12.7. The van der Waals surface area contributed by atoms with Crippen molar-refractivity contribution in [2.75, 3.05) is 47.5 Å². The molecule has 11 nitrogen and oxygen atoms in total. The summed E-state index contributed by atoms with van der Waals surface area (Å²) in [5, 5.41) is 20.2. The monoisotopic (exact) mass is 839 g/mol. The van der Waals surface area contributed by atoms with Crippen LogP contribution in [0.3, 0.4) is 0 Å². The standard InChI is InChI=1S/C46H80NO10P/c1-6-8-10-11-12-13-14-15-16-17-18-19-23-26-30-36-45(50)54-40-44(41-56-58(52,53)55-39-38-47(3,4)5)57-46(51)37-31-35-43(49)34-29-25-22-20-21-24-28-33-42(48)32-27-9-7-2/h12-13,15-16,21-22,24-25,28-29,33-34,42-44,48-49H,6-11,14,17-20,23,26-27,30-32,35-41H2,1-5H3/p+1/b13-12-,16-15-,24-21-,25-22-,33-28+,34-29+/t42-,43-,44-/m1/s1. The number of ether oxygens (including phenoxy) is 2. The number of carbonyl (C=O) groups is 2. The molecule has 0 rings (SSSR count). The first-order chi connectivity index (χ1) is 27.8. The molecule has 0 amide bonds. The van der Waals surface area contributed by atoms with Crippen molar-refractivity contribution < 1.29 is 52.3 Å². The lowest BCUT2D eigenvalue weighted by Gasteiger charge is -2.24. The number of aliphatic hydroxyl groups excluding tert-OH is 2. The van der Waals surface area contributed by atoms with E-state index in [-0.39, 0.29) is 26.1 Å². The van der Waals surface area contributed by atoms with Crippen LogP contribution in [-0.2, 0) is 32.7 Å². The lowest BCUT2D eigenvalue weighted by molar-refractivity contribution is -0.870. The van der Waals surface area contributed by atoms with Crippen LogP contribution in [0.25, 0.3) is 0 Å². The summed E-state index contributed by atoms with van der Waals surface area (Å²) in [5.74, 6) is -1.05. The summed E-state index contributed by atoms with van der Waals surface area (Å²) in [6.07, 6.45) is 38.8. The van der Waals surface area contributed by atoms with E-state index in [1.165, 1.54) is 19.3 Å². The van der Waals surface area contributed by atoms with E-state index in [0.29, 0.717) is 36.7 Å². The van der Waals surface area contributed by atoms with Gasteiger partial charge in [-0.1, -0.05) is 138 Å². The van der Waals surface area contributed by atoms with Crippen molar-refractivity contribution in [2.24, 2.45) is 0 Å². The van der Waals surface area contributed by atoms with Crippen molar-refractivity contribution in [3.63, 3.8) is 0 Å². The smallest absolute Gasteiger partial charge is 0.462 e. The van der Waals surface area contributed by atoms with Gasteiger partial charge >= 0.3 is 19.8 Å². The first-order valence-electron chi connectivity index (χ1n) is 21.9. The highest BCUT2D eigenvalue weighted by Gasteiger charge is 2.27. The second kappa shape index (κ2) is 37.4. The highest BCUT2D eigenvalue weighted by molar-refractivity contribution is 7.47.